The molecule has 0 fully saturated rings. The van der Waals surface area contributed by atoms with Crippen LogP contribution in [0.3, 0.4) is 0 Å². The second kappa shape index (κ2) is 6.23. The molecule has 1 heteroatoms. The first-order valence-corrected chi connectivity index (χ1v) is 3.30. The summed E-state index contributed by atoms with van der Waals surface area (Å²) in [7, 11) is 0. The molecule has 1 aliphatic rings. The van der Waals surface area contributed by atoms with Crippen LogP contribution in [-0.2, 0) is 19.5 Å². The maximum atomic E-state index is 2.27. The van der Waals surface area contributed by atoms with Crippen LogP contribution in [0.1, 0.15) is 25.7 Å². The number of hydrogen-bond donors (Lipinski definition) is 0. The summed E-state index contributed by atoms with van der Waals surface area (Å²) in [5, 5.41) is 0. The summed E-state index contributed by atoms with van der Waals surface area (Å²) in [6.07, 6.45) is 14.0. The van der Waals surface area contributed by atoms with Crippen LogP contribution in [0.2, 0.25) is 0 Å². The van der Waals surface area contributed by atoms with Gasteiger partial charge in [-0.05, 0) is 25.7 Å². The molecule has 0 nitrogen and oxygen atoms in total. The van der Waals surface area contributed by atoms with Gasteiger partial charge in [0.15, 0.2) is 0 Å². The zero-order chi connectivity index (χ0) is 5.66. The van der Waals surface area contributed by atoms with E-state index in [9.17, 15) is 0 Å². The molecule has 1 radical (unpaired) electrons. The van der Waals surface area contributed by atoms with Gasteiger partial charge in [0, 0.05) is 19.5 Å². The first-order valence-electron chi connectivity index (χ1n) is 3.30. The van der Waals surface area contributed by atoms with Gasteiger partial charge in [-0.25, -0.2) is 0 Å². The quantitative estimate of drug-likeness (QED) is 0.426. The predicted molar refractivity (Wildman–Crippen MR) is 36.7 cm³/mol. The van der Waals surface area contributed by atoms with Crippen molar-refractivity contribution in [2.24, 2.45) is 0 Å². The van der Waals surface area contributed by atoms with Crippen LogP contribution in [0.15, 0.2) is 24.3 Å². The van der Waals surface area contributed by atoms with Gasteiger partial charge < -0.3 is 0 Å². The molecule has 0 N–H and O–H groups in total. The van der Waals surface area contributed by atoms with E-state index in [0.717, 1.165) is 0 Å². The predicted octanol–water partition coefficient (Wildman–Crippen LogP) is 2.67. The van der Waals surface area contributed by atoms with Crippen molar-refractivity contribution in [2.45, 2.75) is 25.7 Å². The maximum absolute atomic E-state index is 2.27. The summed E-state index contributed by atoms with van der Waals surface area (Å²) >= 11 is 0. The van der Waals surface area contributed by atoms with Crippen LogP contribution in [-0.4, -0.2) is 0 Å². The van der Waals surface area contributed by atoms with E-state index in [0.29, 0.717) is 0 Å². The van der Waals surface area contributed by atoms with E-state index < -0.39 is 0 Å². The van der Waals surface area contributed by atoms with E-state index in [2.05, 4.69) is 24.3 Å². The summed E-state index contributed by atoms with van der Waals surface area (Å²) in [5.74, 6) is 0. The average molecular weight is 211 g/mol. The van der Waals surface area contributed by atoms with Crippen LogP contribution in [0.4, 0.5) is 0 Å². The van der Waals surface area contributed by atoms with Crippen LogP contribution >= 0.6 is 0 Å². The Balaban J connectivity index is 0.000000640. The van der Waals surface area contributed by atoms with E-state index in [1.54, 1.807) is 0 Å². The molecule has 1 rings (SSSR count). The van der Waals surface area contributed by atoms with Crippen LogP contribution in [0.25, 0.3) is 0 Å². The first kappa shape index (κ1) is 9.10. The van der Waals surface area contributed by atoms with Crippen molar-refractivity contribution in [3.63, 3.8) is 0 Å². The van der Waals surface area contributed by atoms with Gasteiger partial charge in [0.2, 0.25) is 0 Å². The molecule has 0 spiro atoms. The molecule has 0 atom stereocenters. The molecule has 0 heterocycles. The molecule has 53 valence electrons. The van der Waals surface area contributed by atoms with Crippen molar-refractivity contribution in [3.8, 4) is 0 Å². The van der Waals surface area contributed by atoms with E-state index in [4.69, 9.17) is 0 Å². The van der Waals surface area contributed by atoms with Crippen LogP contribution in [0.5, 0.6) is 0 Å². The second-order valence-electron chi connectivity index (χ2n) is 2.10. The molecule has 0 aromatic rings. The molecular weight excluding hydrogens is 199 g/mol. The Morgan fingerprint density at radius 2 is 0.778 bits per heavy atom. The standard InChI is InChI=1S/C8H12.Rh/c1-2-4-6-8-7-5-3-1;/h1-2,7-8H,3-6H2;. The summed E-state index contributed by atoms with van der Waals surface area (Å²) in [5.41, 5.74) is 0. The maximum Gasteiger partial charge on any atom is 0 e. The molecule has 0 aromatic heterocycles. The zero-order valence-corrected chi connectivity index (χ0v) is 7.11. The largest absolute Gasteiger partial charge is 0.0882 e. The molecule has 0 saturated heterocycles. The molecule has 0 aromatic carbocycles. The molecule has 1 aliphatic carbocycles. The van der Waals surface area contributed by atoms with Gasteiger partial charge in [0.25, 0.3) is 0 Å². The van der Waals surface area contributed by atoms with Gasteiger partial charge >= 0.3 is 0 Å². The van der Waals surface area contributed by atoms with E-state index in [-0.39, 0.29) is 19.5 Å². The molecule has 0 unspecified atom stereocenters. The van der Waals surface area contributed by atoms with Crippen molar-refractivity contribution >= 4 is 0 Å². The molecule has 0 saturated carbocycles. The van der Waals surface area contributed by atoms with Gasteiger partial charge in [0.1, 0.15) is 0 Å². The summed E-state index contributed by atoms with van der Waals surface area (Å²) in [6.45, 7) is 0. The average Bonchev–Trinajstić information content (AvgIpc) is 1.62. The first-order chi connectivity index (χ1) is 4.00. The minimum atomic E-state index is 0. The van der Waals surface area contributed by atoms with Crippen LogP contribution < -0.4 is 0 Å². The monoisotopic (exact) mass is 211 g/mol. The summed E-state index contributed by atoms with van der Waals surface area (Å²) in [6, 6.07) is 0. The zero-order valence-electron chi connectivity index (χ0n) is 5.47. The molecule has 0 amide bonds. The third-order valence-corrected chi connectivity index (χ3v) is 1.33. The topological polar surface area (TPSA) is 0 Å². The van der Waals surface area contributed by atoms with Crippen molar-refractivity contribution in [1.29, 1.82) is 0 Å². The van der Waals surface area contributed by atoms with Crippen molar-refractivity contribution in [2.75, 3.05) is 0 Å². The minimum absolute atomic E-state index is 0. The Morgan fingerprint density at radius 3 is 1.00 bits per heavy atom. The van der Waals surface area contributed by atoms with Gasteiger partial charge in [-0.1, -0.05) is 24.3 Å². The molecule has 0 bridgehead atoms. The van der Waals surface area contributed by atoms with Crippen molar-refractivity contribution < 1.29 is 19.5 Å². The Bertz CT molecular complexity index is 77.1. The number of rotatable bonds is 0. The number of hydrogen-bond acceptors (Lipinski definition) is 0. The Labute approximate surface area is 69.8 Å². The van der Waals surface area contributed by atoms with Gasteiger partial charge in [-0.3, -0.25) is 0 Å². The third kappa shape index (κ3) is 4.60. The second-order valence-corrected chi connectivity index (χ2v) is 2.10. The minimum Gasteiger partial charge on any atom is -0.0882 e. The third-order valence-electron chi connectivity index (χ3n) is 1.33. The summed E-state index contributed by atoms with van der Waals surface area (Å²) < 4.78 is 0. The Hall–Kier alpha value is 0.103. The smallest absolute Gasteiger partial charge is 0 e. The molecular formula is C8H12Rh. The normalized spacial score (nSPS) is 17.8. The number of allylic oxidation sites excluding steroid dienone is 4. The van der Waals surface area contributed by atoms with Crippen molar-refractivity contribution in [3.05, 3.63) is 24.3 Å². The van der Waals surface area contributed by atoms with Crippen molar-refractivity contribution in [1.82, 2.24) is 0 Å². The van der Waals surface area contributed by atoms with E-state index in [1.807, 2.05) is 0 Å². The fourth-order valence-corrected chi connectivity index (χ4v) is 0.856. The Kier molecular flexibility index (Phi) is 6.30. The molecule has 9 heavy (non-hydrogen) atoms. The summed E-state index contributed by atoms with van der Waals surface area (Å²) in [4.78, 5) is 0. The van der Waals surface area contributed by atoms with Gasteiger partial charge in [-0.2, -0.15) is 0 Å². The van der Waals surface area contributed by atoms with E-state index in [1.165, 1.54) is 25.7 Å². The van der Waals surface area contributed by atoms with Crippen LogP contribution in [0, 0.1) is 0 Å². The fraction of sp³-hybridized carbons (Fsp3) is 0.500. The fourth-order valence-electron chi connectivity index (χ4n) is 0.856. The molecule has 0 aliphatic heterocycles. The van der Waals surface area contributed by atoms with Gasteiger partial charge in [-0.15, -0.1) is 0 Å². The SMILES string of the molecule is C1=CCCC=CCC1.[Rh]. The Morgan fingerprint density at radius 1 is 0.556 bits per heavy atom. The van der Waals surface area contributed by atoms with E-state index >= 15 is 0 Å². The van der Waals surface area contributed by atoms with Gasteiger partial charge in [0.05, 0.1) is 0 Å².